The molecule has 0 radical (unpaired) electrons. The van der Waals surface area contributed by atoms with Gasteiger partial charge in [-0.2, -0.15) is 0 Å². The molecular formula is C11H8ClFN2O2S. The zero-order valence-electron chi connectivity index (χ0n) is 8.98. The third-order valence-electron chi connectivity index (χ3n) is 2.21. The number of carboxylic acids is 1. The number of thiazole rings is 1. The van der Waals surface area contributed by atoms with Crippen molar-refractivity contribution in [2.45, 2.75) is 6.54 Å². The maximum Gasteiger partial charge on any atom is 0.337 e. The third-order valence-corrected chi connectivity index (χ3v) is 3.32. The number of carbonyl (C=O) groups is 1. The summed E-state index contributed by atoms with van der Waals surface area (Å²) >= 11 is 6.92. The van der Waals surface area contributed by atoms with Gasteiger partial charge in [-0.05, 0) is 12.1 Å². The van der Waals surface area contributed by atoms with E-state index in [9.17, 15) is 9.18 Å². The number of anilines is 1. The summed E-state index contributed by atoms with van der Waals surface area (Å²) < 4.78 is 13.9. The number of rotatable bonds is 4. The highest BCUT2D eigenvalue weighted by Gasteiger charge is 2.14. The SMILES string of the molecule is O=C(O)c1cccc(F)c1NCc1cnc(Cl)s1. The van der Waals surface area contributed by atoms with Gasteiger partial charge in [-0.1, -0.05) is 17.7 Å². The van der Waals surface area contributed by atoms with Gasteiger partial charge in [0.2, 0.25) is 0 Å². The molecule has 0 aliphatic heterocycles. The summed E-state index contributed by atoms with van der Waals surface area (Å²) in [5, 5.41) is 11.7. The summed E-state index contributed by atoms with van der Waals surface area (Å²) in [5.41, 5.74) is -0.139. The quantitative estimate of drug-likeness (QED) is 0.906. The van der Waals surface area contributed by atoms with Crippen LogP contribution in [-0.2, 0) is 6.54 Å². The van der Waals surface area contributed by atoms with Gasteiger partial charge in [-0.3, -0.25) is 0 Å². The van der Waals surface area contributed by atoms with Crippen molar-refractivity contribution in [3.63, 3.8) is 0 Å². The predicted molar refractivity (Wildman–Crippen MR) is 67.8 cm³/mol. The molecule has 0 aliphatic carbocycles. The van der Waals surface area contributed by atoms with E-state index in [1.54, 1.807) is 6.20 Å². The Labute approximate surface area is 111 Å². The standard InChI is InChI=1S/C11H8ClFN2O2S/c12-11-15-5-6(18-11)4-14-9-7(10(16)17)2-1-3-8(9)13/h1-3,5,14H,4H2,(H,16,17). The van der Waals surface area contributed by atoms with Gasteiger partial charge >= 0.3 is 5.97 Å². The second-order valence-corrected chi connectivity index (χ2v) is 5.10. The largest absolute Gasteiger partial charge is 0.478 e. The van der Waals surface area contributed by atoms with E-state index in [0.717, 1.165) is 4.88 Å². The molecule has 0 spiro atoms. The van der Waals surface area contributed by atoms with Gasteiger partial charge in [0.05, 0.1) is 17.8 Å². The highest BCUT2D eigenvalue weighted by molar-refractivity contribution is 7.15. The minimum absolute atomic E-state index is 0.0328. The summed E-state index contributed by atoms with van der Waals surface area (Å²) in [6, 6.07) is 3.90. The first-order valence-corrected chi connectivity index (χ1v) is 6.13. The van der Waals surface area contributed by atoms with Gasteiger partial charge < -0.3 is 10.4 Å². The van der Waals surface area contributed by atoms with Crippen LogP contribution in [0.4, 0.5) is 10.1 Å². The van der Waals surface area contributed by atoms with Crippen LogP contribution in [0, 0.1) is 5.82 Å². The van der Waals surface area contributed by atoms with Gasteiger partial charge in [-0.25, -0.2) is 14.2 Å². The average Bonchev–Trinajstić information content (AvgIpc) is 2.73. The molecule has 1 aromatic heterocycles. The van der Waals surface area contributed by atoms with E-state index in [2.05, 4.69) is 10.3 Å². The molecule has 7 heteroatoms. The molecule has 1 aromatic carbocycles. The second-order valence-electron chi connectivity index (χ2n) is 3.40. The summed E-state index contributed by atoms with van der Waals surface area (Å²) in [4.78, 5) is 15.6. The smallest absolute Gasteiger partial charge is 0.337 e. The van der Waals surface area contributed by atoms with Crippen LogP contribution in [0.3, 0.4) is 0 Å². The fourth-order valence-corrected chi connectivity index (χ4v) is 2.34. The van der Waals surface area contributed by atoms with Gasteiger partial charge in [0.1, 0.15) is 5.82 Å². The van der Waals surface area contributed by atoms with Crippen LogP contribution in [0.5, 0.6) is 0 Å². The van der Waals surface area contributed by atoms with Crippen LogP contribution < -0.4 is 5.32 Å². The predicted octanol–water partition coefficient (Wildman–Crippen LogP) is 3.25. The molecule has 0 fully saturated rings. The Morgan fingerprint density at radius 3 is 2.94 bits per heavy atom. The molecule has 0 unspecified atom stereocenters. The van der Waals surface area contributed by atoms with Crippen LogP contribution in [0.2, 0.25) is 4.47 Å². The number of para-hydroxylation sites is 1. The number of nitrogens with zero attached hydrogens (tertiary/aromatic N) is 1. The van der Waals surface area contributed by atoms with Gasteiger partial charge in [0.25, 0.3) is 0 Å². The van der Waals surface area contributed by atoms with Crippen molar-refractivity contribution in [3.05, 3.63) is 45.1 Å². The van der Waals surface area contributed by atoms with Crippen molar-refractivity contribution in [1.29, 1.82) is 0 Å². The minimum atomic E-state index is -1.18. The van der Waals surface area contributed by atoms with Crippen LogP contribution in [0.1, 0.15) is 15.2 Å². The lowest BCUT2D eigenvalue weighted by Gasteiger charge is -2.09. The van der Waals surface area contributed by atoms with Gasteiger partial charge in [-0.15, -0.1) is 11.3 Å². The second kappa shape index (κ2) is 5.32. The first-order chi connectivity index (χ1) is 8.58. The Morgan fingerprint density at radius 1 is 1.56 bits per heavy atom. The fraction of sp³-hybridized carbons (Fsp3) is 0.0909. The Balaban J connectivity index is 2.20. The van der Waals surface area contributed by atoms with Crippen molar-refractivity contribution in [2.75, 3.05) is 5.32 Å². The zero-order chi connectivity index (χ0) is 13.1. The molecule has 4 nitrogen and oxygen atoms in total. The molecule has 1 heterocycles. The van der Waals surface area contributed by atoms with Gasteiger partial charge in [0.15, 0.2) is 4.47 Å². The number of halogens is 2. The van der Waals surface area contributed by atoms with Crippen molar-refractivity contribution in [3.8, 4) is 0 Å². The Hall–Kier alpha value is -1.66. The van der Waals surface area contributed by atoms with E-state index < -0.39 is 11.8 Å². The fourth-order valence-electron chi connectivity index (χ4n) is 1.42. The zero-order valence-corrected chi connectivity index (χ0v) is 10.6. The molecule has 18 heavy (non-hydrogen) atoms. The summed E-state index contributed by atoms with van der Waals surface area (Å²) in [7, 11) is 0. The maximum atomic E-state index is 13.6. The average molecular weight is 287 g/mol. The first kappa shape index (κ1) is 12.8. The van der Waals surface area contributed by atoms with Crippen molar-refractivity contribution in [1.82, 2.24) is 4.98 Å². The molecule has 94 valence electrons. The number of benzene rings is 1. The number of nitrogens with one attached hydrogen (secondary N) is 1. The maximum absolute atomic E-state index is 13.6. The monoisotopic (exact) mass is 286 g/mol. The van der Waals surface area contributed by atoms with Crippen LogP contribution in [-0.4, -0.2) is 16.1 Å². The third kappa shape index (κ3) is 2.77. The summed E-state index contributed by atoms with van der Waals surface area (Å²) in [6.45, 7) is 0.269. The molecule has 0 bridgehead atoms. The summed E-state index contributed by atoms with van der Waals surface area (Å²) in [6.07, 6.45) is 1.56. The lowest BCUT2D eigenvalue weighted by atomic mass is 10.1. The van der Waals surface area contributed by atoms with E-state index >= 15 is 0 Å². The van der Waals surface area contributed by atoms with Crippen molar-refractivity contribution < 1.29 is 14.3 Å². The molecular weight excluding hydrogens is 279 g/mol. The Morgan fingerprint density at radius 2 is 2.33 bits per heavy atom. The number of carboxylic acid groups (broad SMARTS) is 1. The topological polar surface area (TPSA) is 62.2 Å². The number of aromatic nitrogens is 1. The highest BCUT2D eigenvalue weighted by atomic mass is 35.5. The van der Waals surface area contributed by atoms with Crippen LogP contribution in [0.15, 0.2) is 24.4 Å². The van der Waals surface area contributed by atoms with Crippen molar-refractivity contribution in [2.24, 2.45) is 0 Å². The molecule has 0 amide bonds. The molecule has 0 saturated heterocycles. The minimum Gasteiger partial charge on any atom is -0.478 e. The molecule has 0 atom stereocenters. The summed E-state index contributed by atoms with van der Waals surface area (Å²) in [5.74, 6) is -1.79. The lowest BCUT2D eigenvalue weighted by Crippen LogP contribution is -2.07. The van der Waals surface area contributed by atoms with E-state index in [1.807, 2.05) is 0 Å². The van der Waals surface area contributed by atoms with E-state index in [4.69, 9.17) is 16.7 Å². The lowest BCUT2D eigenvalue weighted by molar-refractivity contribution is 0.0697. The van der Waals surface area contributed by atoms with Crippen LogP contribution in [0.25, 0.3) is 0 Å². The van der Waals surface area contributed by atoms with Gasteiger partial charge in [0, 0.05) is 11.1 Å². The highest BCUT2D eigenvalue weighted by Crippen LogP contribution is 2.23. The van der Waals surface area contributed by atoms with E-state index in [1.165, 1.54) is 29.5 Å². The van der Waals surface area contributed by atoms with E-state index in [-0.39, 0.29) is 17.8 Å². The molecule has 2 rings (SSSR count). The molecule has 0 aliphatic rings. The molecule has 2 aromatic rings. The van der Waals surface area contributed by atoms with Crippen LogP contribution >= 0.6 is 22.9 Å². The first-order valence-electron chi connectivity index (χ1n) is 4.94. The Bertz CT molecular complexity index is 588. The molecule has 2 N–H and O–H groups in total. The number of hydrogen-bond acceptors (Lipinski definition) is 4. The van der Waals surface area contributed by atoms with Crippen molar-refractivity contribution >= 4 is 34.6 Å². The van der Waals surface area contributed by atoms with E-state index in [0.29, 0.717) is 4.47 Å². The normalized spacial score (nSPS) is 10.3. The molecule has 0 saturated carbocycles. The Kier molecular flexibility index (Phi) is 3.78. The number of aromatic carboxylic acids is 1. The number of hydrogen-bond donors (Lipinski definition) is 2.